The number of hydrogen-bond acceptors (Lipinski definition) is 3. The number of nitrogens with one attached hydrogen (secondary N) is 1. The van der Waals surface area contributed by atoms with Gasteiger partial charge in [-0.05, 0) is 13.8 Å². The van der Waals surface area contributed by atoms with Gasteiger partial charge in [0, 0.05) is 12.6 Å². The minimum Gasteiger partial charge on any atom is -0.339 e. The number of rotatable bonds is 1. The number of aromatic amines is 1. The molecule has 2 aromatic heterocycles. The molecular formula is C10H10N4O2. The topological polar surface area (TPSA) is 72.7 Å². The van der Waals surface area contributed by atoms with Crippen LogP contribution in [0.5, 0.6) is 0 Å². The highest BCUT2D eigenvalue weighted by Gasteiger charge is 2.12. The van der Waals surface area contributed by atoms with Crippen molar-refractivity contribution in [2.75, 3.05) is 0 Å². The van der Waals surface area contributed by atoms with Crippen LogP contribution in [0.3, 0.4) is 0 Å². The van der Waals surface area contributed by atoms with Crippen molar-refractivity contribution in [3.8, 4) is 12.0 Å². The largest absolute Gasteiger partial charge is 0.344 e. The Bertz CT molecular complexity index is 708. The SMILES string of the molecule is CC#Cn1c(=O)c2[nH]cnc2n(CC)c1=O. The molecule has 0 aliphatic carbocycles. The summed E-state index contributed by atoms with van der Waals surface area (Å²) in [4.78, 5) is 30.4. The zero-order valence-corrected chi connectivity index (χ0v) is 8.94. The molecule has 0 amide bonds. The van der Waals surface area contributed by atoms with E-state index < -0.39 is 11.2 Å². The number of fused-ring (bicyclic) bond motifs is 1. The lowest BCUT2D eigenvalue weighted by Gasteiger charge is -2.03. The number of aromatic nitrogens is 4. The van der Waals surface area contributed by atoms with Crippen LogP contribution in [-0.2, 0) is 6.54 Å². The smallest absolute Gasteiger partial charge is 0.339 e. The predicted molar refractivity (Wildman–Crippen MR) is 59.1 cm³/mol. The third kappa shape index (κ3) is 1.26. The van der Waals surface area contributed by atoms with Gasteiger partial charge in [-0.3, -0.25) is 9.36 Å². The van der Waals surface area contributed by atoms with Crippen molar-refractivity contribution in [3.05, 3.63) is 27.2 Å². The maximum Gasteiger partial charge on any atom is 0.344 e. The highest BCUT2D eigenvalue weighted by Crippen LogP contribution is 1.99. The molecule has 1 N–H and O–H groups in total. The van der Waals surface area contributed by atoms with Crippen molar-refractivity contribution < 1.29 is 0 Å². The molecule has 0 aliphatic rings. The molecule has 0 saturated carbocycles. The minimum atomic E-state index is -0.462. The van der Waals surface area contributed by atoms with Gasteiger partial charge < -0.3 is 4.98 Å². The molecule has 2 aromatic rings. The fraction of sp³-hybridized carbons (Fsp3) is 0.300. The molecule has 2 heterocycles. The van der Waals surface area contributed by atoms with Crippen molar-refractivity contribution in [1.29, 1.82) is 0 Å². The second kappa shape index (κ2) is 3.70. The monoisotopic (exact) mass is 218 g/mol. The molecule has 0 radical (unpaired) electrons. The van der Waals surface area contributed by atoms with E-state index in [-0.39, 0.29) is 0 Å². The van der Waals surface area contributed by atoms with Crippen LogP contribution in [0, 0.1) is 12.0 Å². The van der Waals surface area contributed by atoms with E-state index in [1.54, 1.807) is 6.92 Å². The molecule has 82 valence electrons. The van der Waals surface area contributed by atoms with E-state index in [2.05, 4.69) is 21.9 Å². The first-order chi connectivity index (χ1) is 7.70. The minimum absolute atomic E-state index is 0.296. The maximum atomic E-state index is 11.9. The summed E-state index contributed by atoms with van der Waals surface area (Å²) in [5.41, 5.74) is -0.256. The molecule has 6 nitrogen and oxygen atoms in total. The van der Waals surface area contributed by atoms with Crippen LogP contribution in [0.4, 0.5) is 0 Å². The Morgan fingerprint density at radius 3 is 2.88 bits per heavy atom. The third-order valence-electron chi connectivity index (χ3n) is 2.25. The molecular weight excluding hydrogens is 208 g/mol. The van der Waals surface area contributed by atoms with Gasteiger partial charge in [0.05, 0.1) is 6.33 Å². The van der Waals surface area contributed by atoms with Crippen LogP contribution in [0.2, 0.25) is 0 Å². The van der Waals surface area contributed by atoms with Crippen LogP contribution in [0.25, 0.3) is 11.2 Å². The Balaban J connectivity index is 3.06. The zero-order valence-electron chi connectivity index (χ0n) is 8.94. The van der Waals surface area contributed by atoms with E-state index in [0.29, 0.717) is 17.7 Å². The first-order valence-electron chi connectivity index (χ1n) is 4.82. The lowest BCUT2D eigenvalue weighted by molar-refractivity contribution is 0.692. The normalized spacial score (nSPS) is 10.1. The van der Waals surface area contributed by atoms with Crippen molar-refractivity contribution in [2.45, 2.75) is 20.4 Å². The van der Waals surface area contributed by atoms with Crippen molar-refractivity contribution >= 4 is 11.2 Å². The van der Waals surface area contributed by atoms with Gasteiger partial charge in [-0.2, -0.15) is 4.57 Å². The Hall–Kier alpha value is -2.29. The van der Waals surface area contributed by atoms with Gasteiger partial charge in [-0.25, -0.2) is 9.78 Å². The van der Waals surface area contributed by atoms with Crippen molar-refractivity contribution in [1.82, 2.24) is 19.1 Å². The number of imidazole rings is 1. The molecule has 0 atom stereocenters. The summed E-state index contributed by atoms with van der Waals surface area (Å²) in [5, 5.41) is 0. The summed E-state index contributed by atoms with van der Waals surface area (Å²) in [6, 6.07) is 2.47. The summed E-state index contributed by atoms with van der Waals surface area (Å²) in [5.74, 6) is 2.54. The molecule has 0 aliphatic heterocycles. The number of hydrogen-bond donors (Lipinski definition) is 1. The van der Waals surface area contributed by atoms with Gasteiger partial charge in [-0.15, -0.1) is 0 Å². The Kier molecular flexibility index (Phi) is 2.37. The number of nitrogens with zero attached hydrogens (tertiary/aromatic N) is 3. The van der Waals surface area contributed by atoms with E-state index in [1.165, 1.54) is 10.9 Å². The summed E-state index contributed by atoms with van der Waals surface area (Å²) >= 11 is 0. The Morgan fingerprint density at radius 1 is 1.50 bits per heavy atom. The van der Waals surface area contributed by atoms with Crippen molar-refractivity contribution in [2.24, 2.45) is 0 Å². The van der Waals surface area contributed by atoms with Crippen molar-refractivity contribution in [3.63, 3.8) is 0 Å². The average molecular weight is 218 g/mol. The first-order valence-corrected chi connectivity index (χ1v) is 4.82. The summed E-state index contributed by atoms with van der Waals surface area (Å²) < 4.78 is 2.29. The fourth-order valence-electron chi connectivity index (χ4n) is 1.55. The summed E-state index contributed by atoms with van der Waals surface area (Å²) in [6.07, 6.45) is 1.39. The molecule has 0 unspecified atom stereocenters. The lowest BCUT2D eigenvalue weighted by Crippen LogP contribution is -2.38. The highest BCUT2D eigenvalue weighted by atomic mass is 16.2. The quantitative estimate of drug-likeness (QED) is 0.670. The van der Waals surface area contributed by atoms with E-state index in [9.17, 15) is 9.59 Å². The van der Waals surface area contributed by atoms with Gasteiger partial charge in [0.25, 0.3) is 5.56 Å². The molecule has 0 spiro atoms. The number of aryl methyl sites for hydroxylation is 1. The third-order valence-corrected chi connectivity index (χ3v) is 2.25. The van der Waals surface area contributed by atoms with E-state index in [4.69, 9.17) is 0 Å². The van der Waals surface area contributed by atoms with Gasteiger partial charge in [-0.1, -0.05) is 5.92 Å². The predicted octanol–water partition coefficient (Wildman–Crippen LogP) is -0.265. The molecule has 2 rings (SSSR count). The molecule has 16 heavy (non-hydrogen) atoms. The molecule has 6 heteroatoms. The van der Waals surface area contributed by atoms with E-state index in [0.717, 1.165) is 4.57 Å². The molecule has 0 bridgehead atoms. The van der Waals surface area contributed by atoms with Gasteiger partial charge in [0.15, 0.2) is 11.2 Å². The van der Waals surface area contributed by atoms with E-state index in [1.807, 2.05) is 6.92 Å². The lowest BCUT2D eigenvalue weighted by atomic mass is 10.5. The standard InChI is InChI=1S/C10H10N4O2/c1-3-5-14-9(15)7-8(12-6-11-7)13(4-2)10(14)16/h6H,4H2,1-2H3,(H,11,12). The first kappa shape index (κ1) is 10.2. The summed E-state index contributed by atoms with van der Waals surface area (Å²) in [7, 11) is 0. The van der Waals surface area contributed by atoms with Crippen LogP contribution >= 0.6 is 0 Å². The molecule has 0 fully saturated rings. The second-order valence-electron chi connectivity index (χ2n) is 3.13. The van der Waals surface area contributed by atoms with Crippen LogP contribution in [0.1, 0.15) is 13.8 Å². The van der Waals surface area contributed by atoms with Gasteiger partial charge >= 0.3 is 5.69 Å². The number of H-pyrrole nitrogens is 1. The maximum absolute atomic E-state index is 11.9. The van der Waals surface area contributed by atoms with Crippen LogP contribution in [-0.4, -0.2) is 19.1 Å². The highest BCUT2D eigenvalue weighted by molar-refractivity contribution is 5.69. The van der Waals surface area contributed by atoms with E-state index >= 15 is 0 Å². The zero-order chi connectivity index (χ0) is 11.7. The fourth-order valence-corrected chi connectivity index (χ4v) is 1.55. The Labute approximate surface area is 90.5 Å². The molecule has 0 saturated heterocycles. The van der Waals surface area contributed by atoms with Gasteiger partial charge in [0.2, 0.25) is 0 Å². The summed E-state index contributed by atoms with van der Waals surface area (Å²) in [6.45, 7) is 3.81. The second-order valence-corrected chi connectivity index (χ2v) is 3.13. The van der Waals surface area contributed by atoms with Crippen LogP contribution < -0.4 is 11.2 Å². The molecule has 0 aromatic carbocycles. The average Bonchev–Trinajstić information content (AvgIpc) is 2.74. The van der Waals surface area contributed by atoms with Crippen LogP contribution in [0.15, 0.2) is 15.9 Å². The Morgan fingerprint density at radius 2 is 2.25 bits per heavy atom. The van der Waals surface area contributed by atoms with Gasteiger partial charge in [0.1, 0.15) is 0 Å².